The van der Waals surface area contributed by atoms with E-state index in [-0.39, 0.29) is 5.12 Å². The Hall–Kier alpha value is -0.970. The van der Waals surface area contributed by atoms with Crippen LogP contribution in [0.15, 0.2) is 47.6 Å². The molecule has 2 rings (SSSR count). The number of rotatable bonds is 3. The molecule has 1 aromatic carbocycles. The SMILES string of the molecule is C=CCSC1=NC(=Cc2ccc(Cl)cc2)C(=O)S1. The Labute approximate surface area is 119 Å². The van der Waals surface area contributed by atoms with E-state index in [4.69, 9.17) is 11.6 Å². The van der Waals surface area contributed by atoms with E-state index in [0.29, 0.717) is 10.7 Å². The number of carbonyl (C=O) groups is 1. The molecule has 0 aliphatic carbocycles. The van der Waals surface area contributed by atoms with Crippen molar-refractivity contribution in [2.75, 3.05) is 5.75 Å². The summed E-state index contributed by atoms with van der Waals surface area (Å²) < 4.78 is 0.778. The van der Waals surface area contributed by atoms with Gasteiger partial charge in [-0.15, -0.1) is 6.58 Å². The van der Waals surface area contributed by atoms with Gasteiger partial charge in [0, 0.05) is 10.8 Å². The zero-order chi connectivity index (χ0) is 13.0. The van der Waals surface area contributed by atoms with Crippen LogP contribution in [0.4, 0.5) is 0 Å². The third kappa shape index (κ3) is 3.51. The van der Waals surface area contributed by atoms with Gasteiger partial charge >= 0.3 is 0 Å². The minimum atomic E-state index is -0.0171. The fourth-order valence-electron chi connectivity index (χ4n) is 1.30. The van der Waals surface area contributed by atoms with Crippen molar-refractivity contribution in [1.29, 1.82) is 0 Å². The number of hydrogen-bond acceptors (Lipinski definition) is 4. The van der Waals surface area contributed by atoms with Gasteiger partial charge in [-0.1, -0.05) is 41.6 Å². The molecule has 0 bridgehead atoms. The first-order chi connectivity index (χ1) is 8.69. The van der Waals surface area contributed by atoms with E-state index >= 15 is 0 Å². The summed E-state index contributed by atoms with van der Waals surface area (Å²) in [6.45, 7) is 3.64. The summed E-state index contributed by atoms with van der Waals surface area (Å²) in [7, 11) is 0. The smallest absolute Gasteiger partial charge is 0.244 e. The summed E-state index contributed by atoms with van der Waals surface area (Å²) in [6.07, 6.45) is 3.56. The monoisotopic (exact) mass is 295 g/mol. The second-order valence-corrected chi connectivity index (χ2v) is 6.11. The number of hydrogen-bond donors (Lipinski definition) is 0. The highest BCUT2D eigenvalue weighted by molar-refractivity contribution is 8.45. The van der Waals surface area contributed by atoms with E-state index < -0.39 is 0 Å². The summed E-state index contributed by atoms with van der Waals surface area (Å²) in [4.78, 5) is 16.0. The van der Waals surface area contributed by atoms with Gasteiger partial charge < -0.3 is 0 Å². The van der Waals surface area contributed by atoms with Crippen molar-refractivity contribution < 1.29 is 4.79 Å². The third-order valence-electron chi connectivity index (χ3n) is 2.10. The summed E-state index contributed by atoms with van der Waals surface area (Å²) in [5.41, 5.74) is 1.40. The number of benzene rings is 1. The minimum Gasteiger partial charge on any atom is -0.279 e. The number of carbonyl (C=O) groups excluding carboxylic acids is 1. The molecular weight excluding hydrogens is 286 g/mol. The fraction of sp³-hybridized carbons (Fsp3) is 0.0769. The fourth-order valence-corrected chi connectivity index (χ4v) is 3.03. The van der Waals surface area contributed by atoms with E-state index in [0.717, 1.165) is 15.7 Å². The normalized spacial score (nSPS) is 17.1. The van der Waals surface area contributed by atoms with Crippen LogP contribution in [-0.2, 0) is 4.79 Å². The highest BCUT2D eigenvalue weighted by Gasteiger charge is 2.21. The highest BCUT2D eigenvalue weighted by atomic mass is 35.5. The Morgan fingerprint density at radius 3 is 2.78 bits per heavy atom. The van der Waals surface area contributed by atoms with Gasteiger partial charge in [-0.2, -0.15) is 0 Å². The largest absolute Gasteiger partial charge is 0.279 e. The van der Waals surface area contributed by atoms with Gasteiger partial charge in [-0.25, -0.2) is 4.99 Å². The third-order valence-corrected chi connectivity index (χ3v) is 4.36. The van der Waals surface area contributed by atoms with Gasteiger partial charge in [0.25, 0.3) is 0 Å². The molecule has 92 valence electrons. The molecule has 0 spiro atoms. The summed E-state index contributed by atoms with van der Waals surface area (Å²) in [5, 5.41) is 0.659. The van der Waals surface area contributed by atoms with Crippen molar-refractivity contribution in [1.82, 2.24) is 0 Å². The van der Waals surface area contributed by atoms with Crippen molar-refractivity contribution in [3.63, 3.8) is 0 Å². The van der Waals surface area contributed by atoms with Crippen LogP contribution < -0.4 is 0 Å². The molecule has 18 heavy (non-hydrogen) atoms. The first kappa shape index (κ1) is 13.5. The van der Waals surface area contributed by atoms with Crippen LogP contribution in [0.5, 0.6) is 0 Å². The molecule has 0 amide bonds. The van der Waals surface area contributed by atoms with Crippen LogP contribution in [0.25, 0.3) is 6.08 Å². The van der Waals surface area contributed by atoms with E-state index in [2.05, 4.69) is 11.6 Å². The van der Waals surface area contributed by atoms with Crippen LogP contribution >= 0.6 is 35.1 Å². The molecule has 0 fully saturated rings. The standard InChI is InChI=1S/C13H10ClNOS2/c1-2-7-17-13-15-11(12(16)18-13)8-9-3-5-10(14)6-4-9/h2-6,8H,1,7H2. The first-order valence-electron chi connectivity index (χ1n) is 5.21. The molecule has 0 saturated carbocycles. The Bertz CT molecular complexity index is 534. The lowest BCUT2D eigenvalue weighted by atomic mass is 10.2. The molecule has 2 nitrogen and oxygen atoms in total. The maximum atomic E-state index is 11.7. The molecule has 0 radical (unpaired) electrons. The molecular formula is C13H10ClNOS2. The molecule has 1 aliphatic rings. The molecule has 0 saturated heterocycles. The predicted molar refractivity (Wildman–Crippen MR) is 82.1 cm³/mol. The van der Waals surface area contributed by atoms with Crippen molar-refractivity contribution in [2.24, 2.45) is 4.99 Å². The lowest BCUT2D eigenvalue weighted by molar-refractivity contribution is -0.107. The number of thioether (sulfide) groups is 2. The molecule has 1 heterocycles. The maximum Gasteiger partial charge on any atom is 0.244 e. The molecule has 0 aromatic heterocycles. The second-order valence-electron chi connectivity index (χ2n) is 3.45. The molecule has 5 heteroatoms. The van der Waals surface area contributed by atoms with Crippen LogP contribution in [0, 0.1) is 0 Å². The predicted octanol–water partition coefficient (Wildman–Crippen LogP) is 4.23. The molecule has 1 aromatic rings. The lowest BCUT2D eigenvalue weighted by Crippen LogP contribution is -1.87. The minimum absolute atomic E-state index is 0.0171. The van der Waals surface area contributed by atoms with Gasteiger partial charge in [-0.05, 0) is 35.5 Å². The summed E-state index contributed by atoms with van der Waals surface area (Å²) in [6, 6.07) is 7.30. The number of nitrogens with zero attached hydrogens (tertiary/aromatic N) is 1. The lowest BCUT2D eigenvalue weighted by Gasteiger charge is -1.94. The number of halogens is 1. The molecule has 0 unspecified atom stereocenters. The van der Waals surface area contributed by atoms with Gasteiger partial charge in [0.1, 0.15) is 10.1 Å². The number of aliphatic imine (C=N–C) groups is 1. The van der Waals surface area contributed by atoms with Crippen molar-refractivity contribution >= 4 is 50.7 Å². The van der Waals surface area contributed by atoms with Gasteiger partial charge in [0.15, 0.2) is 0 Å². The average Bonchev–Trinajstić information content (AvgIpc) is 2.70. The van der Waals surface area contributed by atoms with Crippen molar-refractivity contribution in [3.05, 3.63) is 53.2 Å². The Kier molecular flexibility index (Phi) is 4.69. The second kappa shape index (κ2) is 6.27. The van der Waals surface area contributed by atoms with Gasteiger partial charge in [0.2, 0.25) is 5.12 Å². The molecule has 0 atom stereocenters. The zero-order valence-electron chi connectivity index (χ0n) is 9.43. The van der Waals surface area contributed by atoms with E-state index in [1.54, 1.807) is 24.3 Å². The Morgan fingerprint density at radius 1 is 1.39 bits per heavy atom. The van der Waals surface area contributed by atoms with Gasteiger partial charge in [0.05, 0.1) is 0 Å². The Balaban J connectivity index is 2.17. The van der Waals surface area contributed by atoms with Crippen LogP contribution in [0.2, 0.25) is 5.02 Å². The van der Waals surface area contributed by atoms with Crippen LogP contribution in [0.3, 0.4) is 0 Å². The van der Waals surface area contributed by atoms with E-state index in [9.17, 15) is 4.79 Å². The van der Waals surface area contributed by atoms with Crippen molar-refractivity contribution in [2.45, 2.75) is 0 Å². The van der Waals surface area contributed by atoms with Crippen LogP contribution in [0.1, 0.15) is 5.56 Å². The van der Waals surface area contributed by atoms with Crippen molar-refractivity contribution in [3.8, 4) is 0 Å². The maximum absolute atomic E-state index is 11.7. The zero-order valence-corrected chi connectivity index (χ0v) is 11.8. The van der Waals surface area contributed by atoms with E-state index in [1.165, 1.54) is 23.5 Å². The topological polar surface area (TPSA) is 29.4 Å². The summed E-state index contributed by atoms with van der Waals surface area (Å²) >= 11 is 8.49. The van der Waals surface area contributed by atoms with E-state index in [1.807, 2.05) is 12.1 Å². The Morgan fingerprint density at radius 2 is 2.11 bits per heavy atom. The molecule has 1 aliphatic heterocycles. The molecule has 0 N–H and O–H groups in total. The van der Waals surface area contributed by atoms with Gasteiger partial charge in [-0.3, -0.25) is 4.79 Å². The average molecular weight is 296 g/mol. The first-order valence-corrected chi connectivity index (χ1v) is 7.39. The van der Waals surface area contributed by atoms with Crippen LogP contribution in [-0.4, -0.2) is 15.2 Å². The summed E-state index contributed by atoms with van der Waals surface area (Å²) in [5.74, 6) is 0.757. The highest BCUT2D eigenvalue weighted by Crippen LogP contribution is 2.31. The quantitative estimate of drug-likeness (QED) is 0.617.